The van der Waals surface area contributed by atoms with E-state index < -0.39 is 0 Å². The van der Waals surface area contributed by atoms with E-state index in [4.69, 9.17) is 17.4 Å². The molecule has 3 N–H and O–H groups in total. The maximum absolute atomic E-state index is 6.39. The van der Waals surface area contributed by atoms with Gasteiger partial charge in [-0.25, -0.2) is 5.43 Å². The van der Waals surface area contributed by atoms with Crippen LogP contribution in [0.1, 0.15) is 35.2 Å². The Kier molecular flexibility index (Phi) is 4.59. The summed E-state index contributed by atoms with van der Waals surface area (Å²) in [5.41, 5.74) is 7.37. The van der Waals surface area contributed by atoms with Gasteiger partial charge in [0.2, 0.25) is 0 Å². The maximum Gasteiger partial charge on any atom is 0.0724 e. The molecular formula is C16H19ClN2. The van der Waals surface area contributed by atoms with Crippen LogP contribution in [-0.2, 0) is 6.42 Å². The first kappa shape index (κ1) is 14.1. The van der Waals surface area contributed by atoms with Crippen molar-refractivity contribution in [3.63, 3.8) is 0 Å². The second-order valence-corrected chi connectivity index (χ2v) is 5.05. The standard InChI is InChI=1S/C16H19ClN2/c1-3-12-7-5-8-13(10-12)16(19-18)14-9-4-6-11(2)15(14)17/h4-10,16,19H,3,18H2,1-2H3. The van der Waals surface area contributed by atoms with Crippen LogP contribution in [-0.4, -0.2) is 0 Å². The molecule has 2 aromatic carbocycles. The first-order valence-corrected chi connectivity index (χ1v) is 6.85. The molecule has 0 amide bonds. The fraction of sp³-hybridized carbons (Fsp3) is 0.250. The van der Waals surface area contributed by atoms with Gasteiger partial charge in [0.1, 0.15) is 0 Å². The van der Waals surface area contributed by atoms with Crippen molar-refractivity contribution in [2.24, 2.45) is 5.84 Å². The van der Waals surface area contributed by atoms with Gasteiger partial charge in [0.25, 0.3) is 0 Å². The normalized spacial score (nSPS) is 12.4. The highest BCUT2D eigenvalue weighted by atomic mass is 35.5. The highest BCUT2D eigenvalue weighted by Crippen LogP contribution is 2.30. The minimum atomic E-state index is -0.0844. The largest absolute Gasteiger partial charge is 0.271 e. The number of nitrogens with one attached hydrogen (secondary N) is 1. The topological polar surface area (TPSA) is 38.0 Å². The fourth-order valence-corrected chi connectivity index (χ4v) is 2.49. The SMILES string of the molecule is CCc1cccc(C(NN)c2cccc(C)c2Cl)c1. The van der Waals surface area contributed by atoms with Crippen LogP contribution < -0.4 is 11.3 Å². The maximum atomic E-state index is 6.39. The Morgan fingerprint density at radius 3 is 2.63 bits per heavy atom. The van der Waals surface area contributed by atoms with Crippen LogP contribution in [0.25, 0.3) is 0 Å². The van der Waals surface area contributed by atoms with Gasteiger partial charge in [-0.1, -0.05) is 61.0 Å². The molecule has 3 heteroatoms. The molecule has 0 fully saturated rings. The highest BCUT2D eigenvalue weighted by Gasteiger charge is 2.16. The Morgan fingerprint density at radius 1 is 1.21 bits per heavy atom. The molecule has 1 atom stereocenters. The number of hydrazine groups is 1. The van der Waals surface area contributed by atoms with Gasteiger partial charge in [0.05, 0.1) is 6.04 Å². The number of halogens is 1. The van der Waals surface area contributed by atoms with E-state index in [1.807, 2.05) is 25.1 Å². The van der Waals surface area contributed by atoms with Crippen molar-refractivity contribution in [3.8, 4) is 0 Å². The molecule has 2 rings (SSSR count). The molecule has 0 heterocycles. The van der Waals surface area contributed by atoms with Gasteiger partial charge in [0.15, 0.2) is 0 Å². The van der Waals surface area contributed by atoms with Crippen LogP contribution in [0.4, 0.5) is 0 Å². The Labute approximate surface area is 119 Å². The summed E-state index contributed by atoms with van der Waals surface area (Å²) in [6.45, 7) is 4.14. The molecule has 0 saturated heterocycles. The second-order valence-electron chi connectivity index (χ2n) is 4.68. The van der Waals surface area contributed by atoms with E-state index in [1.54, 1.807) is 0 Å². The summed E-state index contributed by atoms with van der Waals surface area (Å²) in [6, 6.07) is 14.4. The molecule has 0 aliphatic heterocycles. The van der Waals surface area contributed by atoms with Crippen LogP contribution in [0.3, 0.4) is 0 Å². The van der Waals surface area contributed by atoms with Gasteiger partial charge in [-0.05, 0) is 35.6 Å². The zero-order chi connectivity index (χ0) is 13.8. The summed E-state index contributed by atoms with van der Waals surface area (Å²) in [4.78, 5) is 0. The van der Waals surface area contributed by atoms with Crippen molar-refractivity contribution in [1.82, 2.24) is 5.43 Å². The van der Waals surface area contributed by atoms with Crippen LogP contribution >= 0.6 is 11.6 Å². The third-order valence-corrected chi connectivity index (χ3v) is 3.91. The van der Waals surface area contributed by atoms with Crippen molar-refractivity contribution < 1.29 is 0 Å². The highest BCUT2D eigenvalue weighted by molar-refractivity contribution is 6.32. The predicted octanol–water partition coefficient (Wildman–Crippen LogP) is 3.76. The van der Waals surface area contributed by atoms with Crippen molar-refractivity contribution in [2.75, 3.05) is 0 Å². The molecule has 0 saturated carbocycles. The molecule has 100 valence electrons. The Bertz CT molecular complexity index is 566. The molecule has 19 heavy (non-hydrogen) atoms. The lowest BCUT2D eigenvalue weighted by atomic mass is 9.96. The summed E-state index contributed by atoms with van der Waals surface area (Å²) < 4.78 is 0. The predicted molar refractivity (Wildman–Crippen MR) is 81.2 cm³/mol. The lowest BCUT2D eigenvalue weighted by Gasteiger charge is -2.19. The summed E-state index contributed by atoms with van der Waals surface area (Å²) in [5, 5.41) is 0.771. The van der Waals surface area contributed by atoms with Crippen LogP contribution in [0, 0.1) is 6.92 Å². The quantitative estimate of drug-likeness (QED) is 0.658. The van der Waals surface area contributed by atoms with Gasteiger partial charge in [-0.2, -0.15) is 0 Å². The minimum absolute atomic E-state index is 0.0844. The third kappa shape index (κ3) is 2.98. The zero-order valence-electron chi connectivity index (χ0n) is 11.3. The van der Waals surface area contributed by atoms with Crippen molar-refractivity contribution in [2.45, 2.75) is 26.3 Å². The smallest absolute Gasteiger partial charge is 0.0724 e. The first-order valence-electron chi connectivity index (χ1n) is 6.47. The lowest BCUT2D eigenvalue weighted by molar-refractivity contribution is 0.636. The summed E-state index contributed by atoms with van der Waals surface area (Å²) in [7, 11) is 0. The molecule has 2 nitrogen and oxygen atoms in total. The van der Waals surface area contributed by atoms with E-state index in [9.17, 15) is 0 Å². The zero-order valence-corrected chi connectivity index (χ0v) is 12.0. The Balaban J connectivity index is 2.46. The molecular weight excluding hydrogens is 256 g/mol. The molecule has 0 radical (unpaired) electrons. The molecule has 0 aliphatic rings. The fourth-order valence-electron chi connectivity index (χ4n) is 2.25. The monoisotopic (exact) mass is 274 g/mol. The number of hydrogen-bond acceptors (Lipinski definition) is 2. The first-order chi connectivity index (χ1) is 9.17. The van der Waals surface area contributed by atoms with Gasteiger partial charge in [-0.15, -0.1) is 0 Å². The van der Waals surface area contributed by atoms with Gasteiger partial charge in [-0.3, -0.25) is 5.84 Å². The van der Waals surface area contributed by atoms with Gasteiger partial charge < -0.3 is 0 Å². The lowest BCUT2D eigenvalue weighted by Crippen LogP contribution is -2.29. The van der Waals surface area contributed by atoms with Crippen LogP contribution in [0.2, 0.25) is 5.02 Å². The number of nitrogens with two attached hydrogens (primary N) is 1. The van der Waals surface area contributed by atoms with Gasteiger partial charge >= 0.3 is 0 Å². The second kappa shape index (κ2) is 6.20. The van der Waals surface area contributed by atoms with Crippen molar-refractivity contribution in [1.29, 1.82) is 0 Å². The van der Waals surface area contributed by atoms with E-state index >= 15 is 0 Å². The van der Waals surface area contributed by atoms with Crippen molar-refractivity contribution in [3.05, 3.63) is 69.7 Å². The molecule has 0 aliphatic carbocycles. The summed E-state index contributed by atoms with van der Waals surface area (Å²) >= 11 is 6.39. The Hall–Kier alpha value is -1.35. The van der Waals surface area contributed by atoms with Crippen LogP contribution in [0.15, 0.2) is 42.5 Å². The van der Waals surface area contributed by atoms with E-state index in [-0.39, 0.29) is 6.04 Å². The van der Waals surface area contributed by atoms with Gasteiger partial charge in [0, 0.05) is 5.02 Å². The van der Waals surface area contributed by atoms with E-state index in [2.05, 4.69) is 36.6 Å². The average molecular weight is 275 g/mol. The molecule has 2 aromatic rings. The van der Waals surface area contributed by atoms with E-state index in [1.165, 1.54) is 5.56 Å². The molecule has 0 aromatic heterocycles. The molecule has 0 spiro atoms. The number of rotatable bonds is 4. The number of aryl methyl sites for hydroxylation is 2. The van der Waals surface area contributed by atoms with E-state index in [0.29, 0.717) is 0 Å². The third-order valence-electron chi connectivity index (χ3n) is 3.39. The van der Waals surface area contributed by atoms with Crippen LogP contribution in [0.5, 0.6) is 0 Å². The molecule has 1 unspecified atom stereocenters. The number of hydrogen-bond donors (Lipinski definition) is 2. The minimum Gasteiger partial charge on any atom is -0.271 e. The Morgan fingerprint density at radius 2 is 1.95 bits per heavy atom. The summed E-state index contributed by atoms with van der Waals surface area (Å²) in [5.74, 6) is 5.74. The number of benzene rings is 2. The van der Waals surface area contributed by atoms with Crippen molar-refractivity contribution >= 4 is 11.6 Å². The van der Waals surface area contributed by atoms with E-state index in [0.717, 1.165) is 28.1 Å². The average Bonchev–Trinajstić information content (AvgIpc) is 2.44. The molecule has 0 bridgehead atoms. The summed E-state index contributed by atoms with van der Waals surface area (Å²) in [6.07, 6.45) is 1.01.